The van der Waals surface area contributed by atoms with Crippen LogP contribution in [0.1, 0.15) is 6.42 Å². The number of amides is 2. The summed E-state index contributed by atoms with van der Waals surface area (Å²) >= 11 is 0. The Hall–Kier alpha value is -2.55. The molecule has 0 spiro atoms. The van der Waals surface area contributed by atoms with Crippen molar-refractivity contribution in [1.82, 2.24) is 5.32 Å². The molecule has 1 aromatic rings. The molecule has 1 fully saturated rings. The Morgan fingerprint density at radius 1 is 1.38 bits per heavy atom. The summed E-state index contributed by atoms with van der Waals surface area (Å²) in [6.07, 6.45) is 2.02. The average Bonchev–Trinajstić information content (AvgIpc) is 2.92. The number of benzene rings is 1. The van der Waals surface area contributed by atoms with Gasteiger partial charge in [-0.15, -0.1) is 6.58 Å². The van der Waals surface area contributed by atoms with E-state index in [-0.39, 0.29) is 23.7 Å². The van der Waals surface area contributed by atoms with E-state index in [9.17, 15) is 18.0 Å². The normalized spacial score (nSPS) is 15.6. The van der Waals surface area contributed by atoms with E-state index in [4.69, 9.17) is 4.74 Å². The molecule has 2 N–H and O–H groups in total. The number of rotatable bonds is 5. The lowest BCUT2D eigenvalue weighted by molar-refractivity contribution is -0.136. The van der Waals surface area contributed by atoms with Crippen molar-refractivity contribution in [3.63, 3.8) is 0 Å². The van der Waals surface area contributed by atoms with Crippen molar-refractivity contribution in [3.05, 3.63) is 30.9 Å². The van der Waals surface area contributed by atoms with Gasteiger partial charge in [0.2, 0.25) is 10.0 Å². The summed E-state index contributed by atoms with van der Waals surface area (Å²) in [6.45, 7) is 4.02. The topological polar surface area (TPSA) is 105 Å². The van der Waals surface area contributed by atoms with Crippen LogP contribution in [0, 0.1) is 0 Å². The number of hydrogen-bond acceptors (Lipinski definition) is 5. The number of hydrogen-bond donors (Lipinski definition) is 2. The van der Waals surface area contributed by atoms with Gasteiger partial charge in [0.25, 0.3) is 0 Å². The fraction of sp³-hybridized carbons (Fsp3) is 0.333. The van der Waals surface area contributed by atoms with Crippen LogP contribution in [-0.4, -0.2) is 46.2 Å². The Morgan fingerprint density at radius 3 is 2.71 bits per heavy atom. The standard InChI is InChI=1S/C15H19N3O5S/c1-3-7-16-14(19)15(20)17-12-6-5-11(10-13(12)23-2)18-8-4-9-24(18,21)22/h3,5-6,10H,1,4,7-9H2,2H3,(H,16,19)(H,17,20). The van der Waals surface area contributed by atoms with Crippen LogP contribution in [0.2, 0.25) is 0 Å². The van der Waals surface area contributed by atoms with Gasteiger partial charge in [0.15, 0.2) is 0 Å². The Labute approximate surface area is 140 Å². The minimum absolute atomic E-state index is 0.108. The molecule has 24 heavy (non-hydrogen) atoms. The number of carbonyl (C=O) groups is 2. The zero-order chi connectivity index (χ0) is 17.7. The van der Waals surface area contributed by atoms with E-state index in [0.717, 1.165) is 0 Å². The zero-order valence-electron chi connectivity index (χ0n) is 13.2. The second-order valence-electron chi connectivity index (χ2n) is 5.08. The predicted molar refractivity (Wildman–Crippen MR) is 90.6 cm³/mol. The molecule has 0 bridgehead atoms. The molecule has 1 saturated heterocycles. The third kappa shape index (κ3) is 3.85. The Balaban J connectivity index is 2.19. The molecule has 0 atom stereocenters. The number of nitrogens with zero attached hydrogens (tertiary/aromatic N) is 1. The lowest BCUT2D eigenvalue weighted by Gasteiger charge is -2.19. The first kappa shape index (κ1) is 17.8. The van der Waals surface area contributed by atoms with Crippen molar-refractivity contribution in [3.8, 4) is 5.75 Å². The first-order valence-electron chi connectivity index (χ1n) is 7.27. The van der Waals surface area contributed by atoms with Crippen molar-refractivity contribution in [1.29, 1.82) is 0 Å². The number of sulfonamides is 1. The second kappa shape index (κ2) is 7.35. The summed E-state index contributed by atoms with van der Waals surface area (Å²) in [5, 5.41) is 4.79. The summed E-state index contributed by atoms with van der Waals surface area (Å²) in [5.74, 6) is -1.28. The van der Waals surface area contributed by atoms with E-state index in [1.54, 1.807) is 6.07 Å². The highest BCUT2D eigenvalue weighted by molar-refractivity contribution is 7.93. The van der Waals surface area contributed by atoms with Crippen LogP contribution in [0.5, 0.6) is 5.75 Å². The molecule has 0 aliphatic carbocycles. The number of methoxy groups -OCH3 is 1. The van der Waals surface area contributed by atoms with Crippen molar-refractivity contribution < 1.29 is 22.7 Å². The van der Waals surface area contributed by atoms with Crippen LogP contribution in [-0.2, 0) is 19.6 Å². The summed E-state index contributed by atoms with van der Waals surface area (Å²) in [7, 11) is -1.91. The van der Waals surface area contributed by atoms with Crippen LogP contribution in [0.4, 0.5) is 11.4 Å². The maximum atomic E-state index is 12.0. The number of anilines is 2. The minimum atomic E-state index is -3.31. The van der Waals surface area contributed by atoms with Gasteiger partial charge in [-0.1, -0.05) is 6.08 Å². The summed E-state index contributed by atoms with van der Waals surface area (Å²) in [4.78, 5) is 23.4. The fourth-order valence-corrected chi connectivity index (χ4v) is 3.85. The van der Waals surface area contributed by atoms with E-state index >= 15 is 0 Å². The third-order valence-electron chi connectivity index (χ3n) is 3.43. The SMILES string of the molecule is C=CCNC(=O)C(=O)Nc1ccc(N2CCCS2(=O)=O)cc1OC. The molecule has 2 amide bonds. The van der Waals surface area contributed by atoms with Gasteiger partial charge in [-0.25, -0.2) is 8.42 Å². The molecule has 0 saturated carbocycles. The van der Waals surface area contributed by atoms with Gasteiger partial charge in [-0.05, 0) is 18.6 Å². The van der Waals surface area contributed by atoms with Crippen molar-refractivity contribution in [2.45, 2.75) is 6.42 Å². The van der Waals surface area contributed by atoms with Crippen LogP contribution in [0.15, 0.2) is 30.9 Å². The van der Waals surface area contributed by atoms with Crippen molar-refractivity contribution >= 4 is 33.2 Å². The molecular formula is C15H19N3O5S. The van der Waals surface area contributed by atoms with E-state index in [2.05, 4.69) is 17.2 Å². The number of nitrogens with one attached hydrogen (secondary N) is 2. The van der Waals surface area contributed by atoms with E-state index in [1.807, 2.05) is 0 Å². The predicted octanol–water partition coefficient (Wildman–Crippen LogP) is 0.476. The summed E-state index contributed by atoms with van der Waals surface area (Å²) in [6, 6.07) is 4.57. The quantitative estimate of drug-likeness (QED) is 0.592. The van der Waals surface area contributed by atoms with Gasteiger partial charge in [0, 0.05) is 19.2 Å². The molecule has 8 nitrogen and oxygen atoms in total. The fourth-order valence-electron chi connectivity index (χ4n) is 2.29. The van der Waals surface area contributed by atoms with Gasteiger partial charge >= 0.3 is 11.8 Å². The lowest BCUT2D eigenvalue weighted by atomic mass is 10.2. The smallest absolute Gasteiger partial charge is 0.313 e. The third-order valence-corrected chi connectivity index (χ3v) is 5.30. The number of carbonyl (C=O) groups excluding carboxylic acids is 2. The molecule has 0 radical (unpaired) electrons. The molecule has 9 heteroatoms. The second-order valence-corrected chi connectivity index (χ2v) is 7.09. The monoisotopic (exact) mass is 353 g/mol. The largest absolute Gasteiger partial charge is 0.494 e. The van der Waals surface area contributed by atoms with E-state index in [1.165, 1.54) is 29.6 Å². The van der Waals surface area contributed by atoms with Crippen LogP contribution in [0.25, 0.3) is 0 Å². The Morgan fingerprint density at radius 2 is 2.12 bits per heavy atom. The average molecular weight is 353 g/mol. The zero-order valence-corrected chi connectivity index (χ0v) is 14.1. The summed E-state index contributed by atoms with van der Waals surface area (Å²) < 4.78 is 30.4. The molecular weight excluding hydrogens is 334 g/mol. The van der Waals surface area contributed by atoms with Crippen molar-refractivity contribution in [2.24, 2.45) is 0 Å². The van der Waals surface area contributed by atoms with Gasteiger partial charge < -0.3 is 15.4 Å². The highest BCUT2D eigenvalue weighted by Gasteiger charge is 2.29. The minimum Gasteiger partial charge on any atom is -0.494 e. The highest BCUT2D eigenvalue weighted by atomic mass is 32.2. The maximum Gasteiger partial charge on any atom is 0.313 e. The van der Waals surface area contributed by atoms with Crippen LogP contribution < -0.4 is 19.7 Å². The first-order chi connectivity index (χ1) is 11.4. The molecule has 1 aromatic carbocycles. The molecule has 1 aliphatic heterocycles. The van der Waals surface area contributed by atoms with Crippen LogP contribution in [0.3, 0.4) is 0 Å². The molecule has 0 unspecified atom stereocenters. The Kier molecular flexibility index (Phi) is 5.45. The van der Waals surface area contributed by atoms with Crippen molar-refractivity contribution in [2.75, 3.05) is 35.6 Å². The Bertz CT molecular complexity index is 760. The molecule has 2 rings (SSSR count). The van der Waals surface area contributed by atoms with Gasteiger partial charge in [0.1, 0.15) is 5.75 Å². The highest BCUT2D eigenvalue weighted by Crippen LogP contribution is 2.32. The molecule has 1 heterocycles. The lowest BCUT2D eigenvalue weighted by Crippen LogP contribution is -2.35. The molecule has 1 aliphatic rings. The summed E-state index contributed by atoms with van der Waals surface area (Å²) in [5.41, 5.74) is 0.732. The van der Waals surface area contributed by atoms with Crippen LogP contribution >= 0.6 is 0 Å². The van der Waals surface area contributed by atoms with Gasteiger partial charge in [-0.3, -0.25) is 13.9 Å². The number of ether oxygens (including phenoxy) is 1. The molecule has 0 aromatic heterocycles. The van der Waals surface area contributed by atoms with Gasteiger partial charge in [0.05, 0.1) is 24.2 Å². The first-order valence-corrected chi connectivity index (χ1v) is 8.88. The maximum absolute atomic E-state index is 12.0. The van der Waals surface area contributed by atoms with E-state index < -0.39 is 21.8 Å². The van der Waals surface area contributed by atoms with E-state index in [0.29, 0.717) is 18.7 Å². The molecule has 130 valence electrons. The van der Waals surface area contributed by atoms with Gasteiger partial charge in [-0.2, -0.15) is 0 Å².